The molecule has 6 heteroatoms. The first kappa shape index (κ1) is 12.1. The molecular weight excluding hydrogens is 250 g/mol. The van der Waals surface area contributed by atoms with Gasteiger partial charge in [0.1, 0.15) is 11.1 Å². The van der Waals surface area contributed by atoms with Crippen LogP contribution in [0, 0.1) is 0 Å². The zero-order chi connectivity index (χ0) is 12.8. The van der Waals surface area contributed by atoms with Crippen molar-refractivity contribution in [1.82, 2.24) is 14.8 Å². The van der Waals surface area contributed by atoms with Crippen LogP contribution < -0.4 is 0 Å². The van der Waals surface area contributed by atoms with Crippen LogP contribution in [0.1, 0.15) is 62.0 Å². The lowest BCUT2D eigenvalue weighted by molar-refractivity contribution is 0.406. The van der Waals surface area contributed by atoms with Gasteiger partial charge in [-0.2, -0.15) is 0 Å². The summed E-state index contributed by atoms with van der Waals surface area (Å²) in [6, 6.07) is 0.330. The standard InChI is InChI=1S/C12H19N3O2S/c1-9-5-4-7-11-13-14-12(15(9)11)10-6-2-3-8-18(10,16)17/h9-10H,2-8H2,1H3. The van der Waals surface area contributed by atoms with Crippen LogP contribution in [-0.4, -0.2) is 28.9 Å². The lowest BCUT2D eigenvalue weighted by Gasteiger charge is -2.27. The SMILES string of the molecule is CC1CCCc2nnc(C3CCCCS3(=O)=O)n21. The summed E-state index contributed by atoms with van der Waals surface area (Å²) in [6.07, 6.45) is 5.59. The Kier molecular flexibility index (Phi) is 2.92. The highest BCUT2D eigenvalue weighted by Gasteiger charge is 2.36. The monoisotopic (exact) mass is 269 g/mol. The number of hydrogen-bond acceptors (Lipinski definition) is 4. The molecule has 0 radical (unpaired) electrons. The maximum Gasteiger partial charge on any atom is 0.160 e. The van der Waals surface area contributed by atoms with Crippen molar-refractivity contribution in [2.24, 2.45) is 0 Å². The third kappa shape index (κ3) is 1.86. The van der Waals surface area contributed by atoms with Gasteiger partial charge in [-0.3, -0.25) is 0 Å². The van der Waals surface area contributed by atoms with Gasteiger partial charge < -0.3 is 4.57 Å². The van der Waals surface area contributed by atoms with E-state index in [1.807, 2.05) is 0 Å². The number of rotatable bonds is 1. The average molecular weight is 269 g/mol. The maximum atomic E-state index is 12.2. The van der Waals surface area contributed by atoms with E-state index < -0.39 is 15.1 Å². The van der Waals surface area contributed by atoms with Crippen molar-refractivity contribution in [3.05, 3.63) is 11.6 Å². The van der Waals surface area contributed by atoms with Crippen molar-refractivity contribution in [3.63, 3.8) is 0 Å². The van der Waals surface area contributed by atoms with E-state index in [4.69, 9.17) is 0 Å². The van der Waals surface area contributed by atoms with Gasteiger partial charge in [0.2, 0.25) is 0 Å². The van der Waals surface area contributed by atoms with E-state index in [0.717, 1.165) is 37.9 Å². The minimum atomic E-state index is -3.03. The molecule has 0 saturated carbocycles. The fourth-order valence-corrected chi connectivity index (χ4v) is 5.04. The zero-order valence-electron chi connectivity index (χ0n) is 10.7. The second-order valence-electron chi connectivity index (χ2n) is 5.44. The van der Waals surface area contributed by atoms with Gasteiger partial charge in [-0.05, 0) is 32.6 Å². The number of aryl methyl sites for hydroxylation is 1. The molecule has 0 aliphatic carbocycles. The van der Waals surface area contributed by atoms with E-state index in [2.05, 4.69) is 21.7 Å². The molecule has 2 atom stereocenters. The number of fused-ring (bicyclic) bond motifs is 1. The van der Waals surface area contributed by atoms with Gasteiger partial charge in [0.05, 0.1) is 5.75 Å². The Morgan fingerprint density at radius 2 is 2.00 bits per heavy atom. The van der Waals surface area contributed by atoms with Crippen molar-refractivity contribution >= 4 is 9.84 Å². The molecule has 2 unspecified atom stereocenters. The molecule has 0 N–H and O–H groups in total. The van der Waals surface area contributed by atoms with Crippen molar-refractivity contribution in [2.45, 2.75) is 56.7 Å². The van der Waals surface area contributed by atoms with E-state index in [1.165, 1.54) is 0 Å². The molecule has 5 nitrogen and oxygen atoms in total. The number of nitrogens with zero attached hydrogens (tertiary/aromatic N) is 3. The second kappa shape index (κ2) is 4.33. The van der Waals surface area contributed by atoms with E-state index in [1.54, 1.807) is 0 Å². The third-order valence-electron chi connectivity index (χ3n) is 4.12. The summed E-state index contributed by atoms with van der Waals surface area (Å²) in [5.74, 6) is 1.95. The first-order valence-electron chi connectivity index (χ1n) is 6.75. The van der Waals surface area contributed by atoms with E-state index in [-0.39, 0.29) is 0 Å². The Hall–Kier alpha value is -0.910. The minimum Gasteiger partial charge on any atom is -0.311 e. The van der Waals surface area contributed by atoms with Crippen LogP contribution in [0.4, 0.5) is 0 Å². The summed E-state index contributed by atoms with van der Waals surface area (Å²) in [4.78, 5) is 0. The molecule has 1 saturated heterocycles. The fourth-order valence-electron chi connectivity index (χ4n) is 3.14. The van der Waals surface area contributed by atoms with Gasteiger partial charge >= 0.3 is 0 Å². The van der Waals surface area contributed by atoms with E-state index in [0.29, 0.717) is 24.0 Å². The number of aromatic nitrogens is 3. The van der Waals surface area contributed by atoms with Crippen molar-refractivity contribution in [3.8, 4) is 0 Å². The zero-order valence-corrected chi connectivity index (χ0v) is 11.5. The molecule has 1 fully saturated rings. The van der Waals surface area contributed by atoms with E-state index >= 15 is 0 Å². The summed E-state index contributed by atoms with van der Waals surface area (Å²) in [5.41, 5.74) is 0. The molecule has 2 aliphatic heterocycles. The third-order valence-corrected chi connectivity index (χ3v) is 6.29. The molecule has 100 valence electrons. The summed E-state index contributed by atoms with van der Waals surface area (Å²) in [6.45, 7) is 2.13. The van der Waals surface area contributed by atoms with Crippen molar-refractivity contribution < 1.29 is 8.42 Å². The van der Waals surface area contributed by atoms with Crippen LogP contribution in [0.3, 0.4) is 0 Å². The Morgan fingerprint density at radius 3 is 2.78 bits per heavy atom. The average Bonchev–Trinajstić information content (AvgIpc) is 2.73. The van der Waals surface area contributed by atoms with Gasteiger partial charge in [-0.15, -0.1) is 10.2 Å². The Labute approximate surface area is 108 Å². The highest BCUT2D eigenvalue weighted by atomic mass is 32.2. The van der Waals surface area contributed by atoms with Crippen LogP contribution >= 0.6 is 0 Å². The van der Waals surface area contributed by atoms with Gasteiger partial charge in [-0.1, -0.05) is 6.42 Å². The van der Waals surface area contributed by atoms with Crippen LogP contribution in [0.2, 0.25) is 0 Å². The lowest BCUT2D eigenvalue weighted by atomic mass is 10.1. The predicted molar refractivity (Wildman–Crippen MR) is 68.0 cm³/mol. The highest BCUT2D eigenvalue weighted by molar-refractivity contribution is 7.91. The summed E-state index contributed by atoms with van der Waals surface area (Å²) < 4.78 is 26.5. The summed E-state index contributed by atoms with van der Waals surface area (Å²) in [7, 11) is -3.03. The molecule has 0 amide bonds. The van der Waals surface area contributed by atoms with Crippen LogP contribution in [0.5, 0.6) is 0 Å². The van der Waals surface area contributed by atoms with Crippen LogP contribution in [-0.2, 0) is 16.3 Å². The summed E-state index contributed by atoms with van der Waals surface area (Å²) in [5, 5.41) is 7.97. The first-order valence-corrected chi connectivity index (χ1v) is 8.46. The van der Waals surface area contributed by atoms with Gasteiger partial charge in [0, 0.05) is 12.5 Å². The largest absolute Gasteiger partial charge is 0.311 e. The molecule has 3 heterocycles. The van der Waals surface area contributed by atoms with E-state index in [9.17, 15) is 8.42 Å². The Morgan fingerprint density at radius 1 is 1.17 bits per heavy atom. The maximum absolute atomic E-state index is 12.2. The van der Waals surface area contributed by atoms with Crippen molar-refractivity contribution in [1.29, 1.82) is 0 Å². The van der Waals surface area contributed by atoms with Gasteiger partial charge in [-0.25, -0.2) is 8.42 Å². The molecule has 1 aromatic heterocycles. The smallest absolute Gasteiger partial charge is 0.160 e. The van der Waals surface area contributed by atoms with Gasteiger partial charge in [0.15, 0.2) is 15.7 Å². The first-order chi connectivity index (χ1) is 8.59. The number of sulfone groups is 1. The molecule has 2 aliphatic rings. The molecule has 0 spiro atoms. The van der Waals surface area contributed by atoms with Crippen molar-refractivity contribution in [2.75, 3.05) is 5.75 Å². The predicted octanol–water partition coefficient (Wildman–Crippen LogP) is 1.82. The molecule has 18 heavy (non-hydrogen) atoms. The second-order valence-corrected chi connectivity index (χ2v) is 7.74. The molecule has 0 aromatic carbocycles. The quantitative estimate of drug-likeness (QED) is 0.780. The topological polar surface area (TPSA) is 64.8 Å². The molecule has 1 aromatic rings. The molecule has 0 bridgehead atoms. The van der Waals surface area contributed by atoms with Crippen LogP contribution in [0.25, 0.3) is 0 Å². The van der Waals surface area contributed by atoms with Crippen LogP contribution in [0.15, 0.2) is 0 Å². The summed E-state index contributed by atoms with van der Waals surface area (Å²) >= 11 is 0. The highest BCUT2D eigenvalue weighted by Crippen LogP contribution is 2.36. The van der Waals surface area contributed by atoms with Gasteiger partial charge in [0.25, 0.3) is 0 Å². The molecular formula is C12H19N3O2S. The normalized spacial score (nSPS) is 30.9. The minimum absolute atomic E-state index is 0.300. The molecule has 3 rings (SSSR count). The Balaban J connectivity index is 2.04. The Bertz CT molecular complexity index is 550. The lowest BCUT2D eigenvalue weighted by Crippen LogP contribution is -2.27. The fraction of sp³-hybridized carbons (Fsp3) is 0.833. The number of hydrogen-bond donors (Lipinski definition) is 0.